The van der Waals surface area contributed by atoms with Gasteiger partial charge in [-0.2, -0.15) is 5.26 Å². The third-order valence-corrected chi connectivity index (χ3v) is 6.26. The van der Waals surface area contributed by atoms with E-state index in [-0.39, 0.29) is 17.3 Å². The van der Waals surface area contributed by atoms with Gasteiger partial charge in [-0.25, -0.2) is 4.98 Å². The number of hydrogen-bond donors (Lipinski definition) is 1. The molecule has 1 saturated heterocycles. The van der Waals surface area contributed by atoms with E-state index < -0.39 is 5.91 Å². The molecule has 1 aromatic heterocycles. The molecule has 1 fully saturated rings. The Kier molecular flexibility index (Phi) is 7.12. The van der Waals surface area contributed by atoms with Gasteiger partial charge in [0.25, 0.3) is 5.91 Å². The van der Waals surface area contributed by atoms with Gasteiger partial charge in [0, 0.05) is 37.1 Å². The average molecular weight is 464 g/mol. The van der Waals surface area contributed by atoms with Gasteiger partial charge in [0.1, 0.15) is 5.82 Å². The highest BCUT2D eigenvalue weighted by atomic mass is 16.2. The van der Waals surface area contributed by atoms with E-state index in [1.807, 2.05) is 23.1 Å². The maximum Gasteiger partial charge on any atom is 0.258 e. The zero-order valence-electron chi connectivity index (χ0n) is 19.2. The summed E-state index contributed by atoms with van der Waals surface area (Å²) in [4.78, 5) is 34.7. The van der Waals surface area contributed by atoms with Crippen molar-refractivity contribution >= 4 is 36.0 Å². The normalized spacial score (nSPS) is 19.1. The van der Waals surface area contributed by atoms with Crippen LogP contribution in [0.4, 0.5) is 5.82 Å². The molecule has 1 aromatic carbocycles. The number of allylic oxidation sites excluding steroid dienone is 1. The van der Waals surface area contributed by atoms with Crippen LogP contribution in [0.2, 0.25) is 0 Å². The molecule has 2 atom stereocenters. The summed E-state index contributed by atoms with van der Waals surface area (Å²) in [6.45, 7) is 8.29. The van der Waals surface area contributed by atoms with E-state index in [2.05, 4.69) is 52.9 Å². The summed E-state index contributed by atoms with van der Waals surface area (Å²) in [5.41, 5.74) is 3.62. The minimum Gasteiger partial charge on any atom is -0.338 e. The summed E-state index contributed by atoms with van der Waals surface area (Å²) in [7, 11) is 0. The number of likely N-dealkylation sites (tertiary alicyclic amines) is 1. The van der Waals surface area contributed by atoms with Gasteiger partial charge in [0.2, 0.25) is 5.91 Å². The smallest absolute Gasteiger partial charge is 0.258 e. The Morgan fingerprint density at radius 2 is 2.06 bits per heavy atom. The molecule has 0 spiro atoms. The van der Waals surface area contributed by atoms with Crippen molar-refractivity contribution in [2.24, 2.45) is 16.8 Å². The first-order chi connectivity index (χ1) is 17.0. The van der Waals surface area contributed by atoms with Gasteiger partial charge in [-0.1, -0.05) is 49.1 Å². The lowest BCUT2D eigenvalue weighted by molar-refractivity contribution is -0.125. The Morgan fingerprint density at radius 1 is 1.26 bits per heavy atom. The molecule has 2 heterocycles. The molecule has 1 N–H and O–H groups in total. The summed E-state index contributed by atoms with van der Waals surface area (Å²) in [5, 5.41) is 12.1. The fourth-order valence-corrected chi connectivity index (χ4v) is 4.48. The Bertz CT molecular complexity index is 1300. The van der Waals surface area contributed by atoms with Gasteiger partial charge in [-0.3, -0.25) is 14.6 Å². The van der Waals surface area contributed by atoms with Crippen LogP contribution >= 0.6 is 0 Å². The number of pyridine rings is 1. The zero-order chi connectivity index (χ0) is 24.8. The van der Waals surface area contributed by atoms with E-state index >= 15 is 0 Å². The molecule has 7 heteroatoms. The van der Waals surface area contributed by atoms with Crippen molar-refractivity contribution in [3.8, 4) is 6.07 Å². The van der Waals surface area contributed by atoms with Crippen LogP contribution in [-0.2, 0) is 9.59 Å². The summed E-state index contributed by atoms with van der Waals surface area (Å²) in [6.07, 6.45) is 10.4. The molecule has 4 rings (SSSR count). The largest absolute Gasteiger partial charge is 0.338 e. The minimum atomic E-state index is -0.466. The lowest BCUT2D eigenvalue weighted by atomic mass is 9.98. The lowest BCUT2D eigenvalue weighted by Gasteiger charge is -2.15. The molecule has 7 nitrogen and oxygen atoms in total. The van der Waals surface area contributed by atoms with Crippen LogP contribution in [0.3, 0.4) is 0 Å². The number of nitrogens with one attached hydrogen (secondary N) is 1. The SMILES string of the molecule is C=C/C(=C\N=C)C(=O)Nc1cc(C#N)c(/C=C/C(=O)N2CC3C=C(c4ccccc4)CC3C2)cn1. The number of rotatable bonds is 7. The van der Waals surface area contributed by atoms with Crippen molar-refractivity contribution in [1.82, 2.24) is 9.88 Å². The predicted octanol–water partition coefficient (Wildman–Crippen LogP) is 4.24. The van der Waals surface area contributed by atoms with E-state index in [9.17, 15) is 14.9 Å². The number of nitrogens with zero attached hydrogens (tertiary/aromatic N) is 4. The Hall–Kier alpha value is -4.57. The van der Waals surface area contributed by atoms with E-state index in [1.165, 1.54) is 41.8 Å². The molecule has 0 radical (unpaired) electrons. The molecule has 0 saturated carbocycles. The number of nitriles is 1. The summed E-state index contributed by atoms with van der Waals surface area (Å²) < 4.78 is 0. The summed E-state index contributed by atoms with van der Waals surface area (Å²) in [5.74, 6) is 0.458. The number of benzene rings is 1. The van der Waals surface area contributed by atoms with Crippen molar-refractivity contribution < 1.29 is 9.59 Å². The van der Waals surface area contributed by atoms with Crippen molar-refractivity contribution in [1.29, 1.82) is 5.26 Å². The fourth-order valence-electron chi connectivity index (χ4n) is 4.48. The van der Waals surface area contributed by atoms with Gasteiger partial charge in [0.15, 0.2) is 0 Å². The lowest BCUT2D eigenvalue weighted by Crippen LogP contribution is -2.27. The van der Waals surface area contributed by atoms with Gasteiger partial charge in [-0.05, 0) is 48.3 Å². The molecular formula is C28H25N5O2. The molecule has 2 aromatic rings. The Balaban J connectivity index is 1.40. The van der Waals surface area contributed by atoms with Crippen LogP contribution in [0.5, 0.6) is 0 Å². The van der Waals surface area contributed by atoms with Crippen LogP contribution in [0.25, 0.3) is 11.6 Å². The maximum atomic E-state index is 12.8. The second-order valence-electron chi connectivity index (χ2n) is 8.46. The second kappa shape index (κ2) is 10.6. The minimum absolute atomic E-state index is 0.0898. The van der Waals surface area contributed by atoms with E-state index in [4.69, 9.17) is 0 Å². The highest BCUT2D eigenvalue weighted by molar-refractivity contribution is 6.05. The molecular weight excluding hydrogens is 438 g/mol. The average Bonchev–Trinajstić information content (AvgIpc) is 3.46. The molecule has 35 heavy (non-hydrogen) atoms. The number of carbonyl (C=O) groups excluding carboxylic acids is 2. The van der Waals surface area contributed by atoms with Gasteiger partial charge in [-0.15, -0.1) is 0 Å². The summed E-state index contributed by atoms with van der Waals surface area (Å²) in [6, 6.07) is 13.9. The number of fused-ring (bicyclic) bond motifs is 1. The highest BCUT2D eigenvalue weighted by Crippen LogP contribution is 2.40. The van der Waals surface area contributed by atoms with Crippen LogP contribution in [0.15, 0.2) is 84.2 Å². The van der Waals surface area contributed by atoms with E-state index in [0.29, 0.717) is 36.1 Å². The first-order valence-electron chi connectivity index (χ1n) is 11.3. The molecule has 1 aliphatic heterocycles. The Morgan fingerprint density at radius 3 is 2.74 bits per heavy atom. The van der Waals surface area contributed by atoms with Gasteiger partial charge < -0.3 is 10.2 Å². The molecule has 0 bridgehead atoms. The second-order valence-corrected chi connectivity index (χ2v) is 8.46. The van der Waals surface area contributed by atoms with Crippen molar-refractivity contribution in [3.63, 3.8) is 0 Å². The van der Waals surface area contributed by atoms with Crippen LogP contribution < -0.4 is 5.32 Å². The van der Waals surface area contributed by atoms with Crippen molar-refractivity contribution in [3.05, 3.63) is 95.9 Å². The molecule has 1 aliphatic carbocycles. The molecule has 2 amide bonds. The first kappa shape index (κ1) is 23.6. The quantitative estimate of drug-likeness (QED) is 0.377. The van der Waals surface area contributed by atoms with E-state index in [1.54, 1.807) is 6.08 Å². The molecule has 2 unspecified atom stereocenters. The highest BCUT2D eigenvalue weighted by Gasteiger charge is 2.37. The standard InChI is InChI=1S/C28H25N5O2/c1-3-19(15-30-2)28(35)32-26-13-23(14-29)21(16-31-26)9-10-27(34)33-17-24-11-22(12-25(24)18-33)20-7-5-4-6-8-20/h3-11,13,15-16,24-25H,1-2,12,17-18H2,(H,31,32,35)/b10-9+,19-15+. The zero-order valence-corrected chi connectivity index (χ0v) is 19.2. The van der Waals surface area contributed by atoms with Crippen LogP contribution in [0.1, 0.15) is 23.1 Å². The third-order valence-electron chi connectivity index (χ3n) is 6.26. The Labute approximate surface area is 204 Å². The number of amides is 2. The number of anilines is 1. The number of aliphatic imine (C=N–C) groups is 1. The number of aromatic nitrogens is 1. The summed E-state index contributed by atoms with van der Waals surface area (Å²) >= 11 is 0. The predicted molar refractivity (Wildman–Crippen MR) is 137 cm³/mol. The number of carbonyl (C=O) groups is 2. The monoisotopic (exact) mass is 463 g/mol. The molecule has 174 valence electrons. The fraction of sp³-hybridized carbons (Fsp3) is 0.179. The first-order valence-corrected chi connectivity index (χ1v) is 11.3. The van der Waals surface area contributed by atoms with E-state index in [0.717, 1.165) is 6.42 Å². The number of hydrogen-bond acceptors (Lipinski definition) is 5. The molecule has 2 aliphatic rings. The van der Waals surface area contributed by atoms with Crippen LogP contribution in [-0.4, -0.2) is 41.5 Å². The van der Waals surface area contributed by atoms with Crippen LogP contribution in [0, 0.1) is 23.2 Å². The van der Waals surface area contributed by atoms with Crippen molar-refractivity contribution in [2.45, 2.75) is 6.42 Å². The maximum absolute atomic E-state index is 12.8. The van der Waals surface area contributed by atoms with Crippen molar-refractivity contribution in [2.75, 3.05) is 18.4 Å². The van der Waals surface area contributed by atoms with Gasteiger partial charge in [0.05, 0.1) is 17.2 Å². The topological polar surface area (TPSA) is 98.4 Å². The van der Waals surface area contributed by atoms with Gasteiger partial charge >= 0.3 is 0 Å². The third kappa shape index (κ3) is 5.33.